The highest BCUT2D eigenvalue weighted by Gasteiger charge is 2.10. The van der Waals surface area contributed by atoms with Crippen LogP contribution in [0.2, 0.25) is 5.02 Å². The average Bonchev–Trinajstić information content (AvgIpc) is 2.60. The van der Waals surface area contributed by atoms with Crippen molar-refractivity contribution < 1.29 is 9.90 Å². The van der Waals surface area contributed by atoms with Crippen molar-refractivity contribution in [1.82, 2.24) is 4.90 Å². The van der Waals surface area contributed by atoms with E-state index in [-0.39, 0.29) is 12.5 Å². The number of hydrogen-bond acceptors (Lipinski definition) is 3. The van der Waals surface area contributed by atoms with Crippen LogP contribution in [-0.4, -0.2) is 42.2 Å². The molecule has 0 bridgehead atoms. The minimum absolute atomic E-state index is 0.0780. The Bertz CT molecular complexity index is 634. The third kappa shape index (κ3) is 6.32. The topological polar surface area (TPSA) is 52.6 Å². The van der Waals surface area contributed by atoms with Gasteiger partial charge in [0.05, 0.1) is 17.3 Å². The normalized spacial score (nSPS) is 10.8. The van der Waals surface area contributed by atoms with Crippen LogP contribution in [0.15, 0.2) is 54.6 Å². The predicted octanol–water partition coefficient (Wildman–Crippen LogP) is 3.21. The van der Waals surface area contributed by atoms with E-state index in [9.17, 15) is 9.90 Å². The fourth-order valence-electron chi connectivity index (χ4n) is 2.44. The first-order valence-corrected chi connectivity index (χ1v) is 8.48. The molecule has 2 aromatic rings. The number of nitrogens with one attached hydrogen (secondary N) is 1. The monoisotopic (exact) mass is 346 g/mol. The smallest absolute Gasteiger partial charge is 0.225 e. The van der Waals surface area contributed by atoms with Crippen LogP contribution in [0.3, 0.4) is 0 Å². The largest absolute Gasteiger partial charge is 0.395 e. The fourth-order valence-corrected chi connectivity index (χ4v) is 2.63. The van der Waals surface area contributed by atoms with E-state index in [0.29, 0.717) is 30.2 Å². The van der Waals surface area contributed by atoms with Crippen LogP contribution in [-0.2, 0) is 11.2 Å². The standard InChI is InChI=1S/C19H23ClN2O2/c20-17-8-4-5-9-18(17)21-19(24)11-13-22(14-15-23)12-10-16-6-2-1-3-7-16/h1-9,23H,10-15H2,(H,21,24). The minimum Gasteiger partial charge on any atom is -0.395 e. The molecule has 0 aliphatic carbocycles. The maximum absolute atomic E-state index is 12.1. The predicted molar refractivity (Wildman–Crippen MR) is 98.4 cm³/mol. The van der Waals surface area contributed by atoms with E-state index in [1.807, 2.05) is 30.3 Å². The molecule has 24 heavy (non-hydrogen) atoms. The molecular formula is C19H23ClN2O2. The van der Waals surface area contributed by atoms with Gasteiger partial charge in [-0.3, -0.25) is 4.79 Å². The van der Waals surface area contributed by atoms with Crippen molar-refractivity contribution in [3.8, 4) is 0 Å². The van der Waals surface area contributed by atoms with E-state index in [1.54, 1.807) is 12.1 Å². The Morgan fingerprint density at radius 2 is 1.71 bits per heavy atom. The molecule has 2 N–H and O–H groups in total. The Morgan fingerprint density at radius 1 is 1.00 bits per heavy atom. The number of para-hydroxylation sites is 1. The fraction of sp³-hybridized carbons (Fsp3) is 0.316. The molecule has 0 aliphatic rings. The van der Waals surface area contributed by atoms with E-state index in [2.05, 4.69) is 22.3 Å². The molecule has 0 heterocycles. The quantitative estimate of drug-likeness (QED) is 0.733. The Balaban J connectivity index is 1.80. The lowest BCUT2D eigenvalue weighted by atomic mass is 10.1. The van der Waals surface area contributed by atoms with Gasteiger partial charge in [-0.1, -0.05) is 54.1 Å². The number of rotatable bonds is 9. The van der Waals surface area contributed by atoms with Gasteiger partial charge in [-0.05, 0) is 24.1 Å². The van der Waals surface area contributed by atoms with E-state index < -0.39 is 0 Å². The molecule has 1 amide bonds. The third-order valence-electron chi connectivity index (χ3n) is 3.78. The number of aliphatic hydroxyl groups excluding tert-OH is 1. The summed E-state index contributed by atoms with van der Waals surface area (Å²) in [5.41, 5.74) is 1.88. The van der Waals surface area contributed by atoms with Crippen LogP contribution in [0.5, 0.6) is 0 Å². The Morgan fingerprint density at radius 3 is 2.42 bits per heavy atom. The number of halogens is 1. The van der Waals surface area contributed by atoms with Gasteiger partial charge in [0.2, 0.25) is 5.91 Å². The van der Waals surface area contributed by atoms with Crippen LogP contribution in [0.4, 0.5) is 5.69 Å². The first kappa shape index (κ1) is 18.5. The molecule has 5 heteroatoms. The van der Waals surface area contributed by atoms with Gasteiger partial charge in [0.1, 0.15) is 0 Å². The molecule has 0 saturated carbocycles. The van der Waals surface area contributed by atoms with E-state index in [0.717, 1.165) is 13.0 Å². The molecule has 0 unspecified atom stereocenters. The van der Waals surface area contributed by atoms with Crippen molar-refractivity contribution in [3.05, 3.63) is 65.2 Å². The Labute approximate surface area is 148 Å². The number of carbonyl (C=O) groups excluding carboxylic acids is 1. The Kier molecular flexibility index (Phi) is 7.75. The van der Waals surface area contributed by atoms with Gasteiger partial charge in [0.15, 0.2) is 0 Å². The van der Waals surface area contributed by atoms with Crippen LogP contribution in [0.1, 0.15) is 12.0 Å². The summed E-state index contributed by atoms with van der Waals surface area (Å²) in [6, 6.07) is 17.4. The van der Waals surface area contributed by atoms with E-state index in [4.69, 9.17) is 11.6 Å². The summed E-state index contributed by atoms with van der Waals surface area (Å²) in [5, 5.41) is 12.6. The molecule has 128 valence electrons. The van der Waals surface area contributed by atoms with Crippen molar-refractivity contribution in [2.24, 2.45) is 0 Å². The molecule has 0 radical (unpaired) electrons. The first-order valence-electron chi connectivity index (χ1n) is 8.10. The highest BCUT2D eigenvalue weighted by Crippen LogP contribution is 2.20. The van der Waals surface area contributed by atoms with Crippen molar-refractivity contribution in [2.45, 2.75) is 12.8 Å². The number of benzene rings is 2. The molecule has 2 aromatic carbocycles. The van der Waals surface area contributed by atoms with Gasteiger partial charge in [-0.15, -0.1) is 0 Å². The summed E-state index contributed by atoms with van der Waals surface area (Å²) in [5.74, 6) is -0.0780. The number of carbonyl (C=O) groups is 1. The average molecular weight is 347 g/mol. The van der Waals surface area contributed by atoms with Gasteiger partial charge in [-0.2, -0.15) is 0 Å². The van der Waals surface area contributed by atoms with Gasteiger partial charge in [-0.25, -0.2) is 0 Å². The van der Waals surface area contributed by atoms with Gasteiger partial charge in [0, 0.05) is 26.1 Å². The maximum Gasteiger partial charge on any atom is 0.225 e. The molecular weight excluding hydrogens is 324 g/mol. The molecule has 0 saturated heterocycles. The summed E-state index contributed by atoms with van der Waals surface area (Å²) in [6.45, 7) is 2.06. The summed E-state index contributed by atoms with van der Waals surface area (Å²) < 4.78 is 0. The van der Waals surface area contributed by atoms with Crippen LogP contribution in [0.25, 0.3) is 0 Å². The molecule has 2 rings (SSSR count). The van der Waals surface area contributed by atoms with Crippen molar-refractivity contribution in [3.63, 3.8) is 0 Å². The molecule has 0 aliphatic heterocycles. The molecule has 4 nitrogen and oxygen atoms in total. The van der Waals surface area contributed by atoms with Crippen LogP contribution >= 0.6 is 11.6 Å². The lowest BCUT2D eigenvalue weighted by molar-refractivity contribution is -0.116. The van der Waals surface area contributed by atoms with Crippen molar-refractivity contribution >= 4 is 23.2 Å². The van der Waals surface area contributed by atoms with Gasteiger partial charge < -0.3 is 15.3 Å². The highest BCUT2D eigenvalue weighted by molar-refractivity contribution is 6.33. The third-order valence-corrected chi connectivity index (χ3v) is 4.11. The number of amides is 1. The first-order chi connectivity index (χ1) is 11.7. The zero-order valence-corrected chi connectivity index (χ0v) is 14.4. The molecule has 0 fully saturated rings. The second-order valence-corrected chi connectivity index (χ2v) is 5.99. The Hall–Kier alpha value is -1.88. The second-order valence-electron chi connectivity index (χ2n) is 5.58. The SMILES string of the molecule is O=C(CCN(CCO)CCc1ccccc1)Nc1ccccc1Cl. The van der Waals surface area contributed by atoms with Crippen molar-refractivity contribution in [1.29, 1.82) is 0 Å². The van der Waals surface area contributed by atoms with Crippen molar-refractivity contribution in [2.75, 3.05) is 31.6 Å². The summed E-state index contributed by atoms with van der Waals surface area (Å²) in [4.78, 5) is 14.2. The minimum atomic E-state index is -0.0780. The van der Waals surface area contributed by atoms with E-state index >= 15 is 0 Å². The number of aliphatic hydroxyl groups is 1. The number of nitrogens with zero attached hydrogens (tertiary/aromatic N) is 1. The lowest BCUT2D eigenvalue weighted by Crippen LogP contribution is -2.32. The molecule has 0 atom stereocenters. The second kappa shape index (κ2) is 10.1. The lowest BCUT2D eigenvalue weighted by Gasteiger charge is -2.21. The summed E-state index contributed by atoms with van der Waals surface area (Å²) in [7, 11) is 0. The van der Waals surface area contributed by atoms with E-state index in [1.165, 1.54) is 5.56 Å². The number of hydrogen-bond donors (Lipinski definition) is 2. The zero-order chi connectivity index (χ0) is 17.2. The van der Waals surface area contributed by atoms with Gasteiger partial charge >= 0.3 is 0 Å². The summed E-state index contributed by atoms with van der Waals surface area (Å²) >= 11 is 6.04. The summed E-state index contributed by atoms with van der Waals surface area (Å²) in [6.07, 6.45) is 1.26. The van der Waals surface area contributed by atoms with Crippen LogP contribution < -0.4 is 5.32 Å². The maximum atomic E-state index is 12.1. The molecule has 0 spiro atoms. The number of anilines is 1. The highest BCUT2D eigenvalue weighted by atomic mass is 35.5. The zero-order valence-electron chi connectivity index (χ0n) is 13.6. The molecule has 0 aromatic heterocycles. The van der Waals surface area contributed by atoms with Crippen LogP contribution in [0, 0.1) is 0 Å². The van der Waals surface area contributed by atoms with Gasteiger partial charge in [0.25, 0.3) is 0 Å².